The van der Waals surface area contributed by atoms with E-state index in [0.717, 1.165) is 24.0 Å². The van der Waals surface area contributed by atoms with E-state index in [2.05, 4.69) is 0 Å². The minimum Gasteiger partial charge on any atom is -0.426 e. The van der Waals surface area contributed by atoms with Gasteiger partial charge >= 0.3 is 11.9 Å². The van der Waals surface area contributed by atoms with E-state index in [1.54, 1.807) is 69.3 Å². The third-order valence-corrected chi connectivity index (χ3v) is 7.05. The Hall–Kier alpha value is -4.06. The summed E-state index contributed by atoms with van der Waals surface area (Å²) in [6.45, 7) is 5.21. The number of carbonyl (C=O) groups is 4. The molecule has 3 rings (SSSR count). The van der Waals surface area contributed by atoms with Crippen LogP contribution in [0.5, 0.6) is 11.5 Å². The van der Waals surface area contributed by atoms with Crippen molar-refractivity contribution in [2.45, 2.75) is 65.7 Å². The summed E-state index contributed by atoms with van der Waals surface area (Å²) in [6.07, 6.45) is 4.41. The van der Waals surface area contributed by atoms with Gasteiger partial charge in [-0.2, -0.15) is 0 Å². The Labute approximate surface area is 236 Å². The Balaban J connectivity index is 1.39. The van der Waals surface area contributed by atoms with Gasteiger partial charge in [0.15, 0.2) is 0 Å². The van der Waals surface area contributed by atoms with Crippen molar-refractivity contribution in [1.82, 2.24) is 0 Å². The van der Waals surface area contributed by atoms with Gasteiger partial charge in [0.25, 0.3) is 0 Å². The fraction of sp³-hybridized carbons (Fsp3) is 0.353. The SMILES string of the molecule is CC(C)(CCC(=O)Cc1ccc(CCCCC(C)(C=O)C(=O)Oc2ccccc2)cc1)C(=O)Oc1ccccc1. The summed E-state index contributed by atoms with van der Waals surface area (Å²) >= 11 is 0. The molecule has 0 fully saturated rings. The summed E-state index contributed by atoms with van der Waals surface area (Å²) in [5, 5.41) is 0. The van der Waals surface area contributed by atoms with E-state index in [1.807, 2.05) is 36.4 Å². The van der Waals surface area contributed by atoms with E-state index in [4.69, 9.17) is 9.47 Å². The molecule has 0 radical (unpaired) electrons. The van der Waals surface area contributed by atoms with Gasteiger partial charge < -0.3 is 14.3 Å². The standard InChI is InChI=1S/C34H38O6/c1-33(2,31(37)39-29-13-6-4-7-14-29)23-21-28(36)24-27-19-17-26(18-20-27)12-10-11-22-34(3,25-35)32(38)40-30-15-8-5-9-16-30/h4-9,13-20,25H,10-12,21-24H2,1-3H3. The second-order valence-electron chi connectivity index (χ2n) is 11.1. The van der Waals surface area contributed by atoms with Crippen molar-refractivity contribution in [3.05, 3.63) is 96.1 Å². The topological polar surface area (TPSA) is 86.7 Å². The van der Waals surface area contributed by atoms with Crippen LogP contribution in [0.2, 0.25) is 0 Å². The molecule has 6 heteroatoms. The van der Waals surface area contributed by atoms with E-state index in [9.17, 15) is 19.2 Å². The van der Waals surface area contributed by atoms with Gasteiger partial charge in [0, 0.05) is 12.8 Å². The number of carbonyl (C=O) groups excluding carboxylic acids is 4. The van der Waals surface area contributed by atoms with Crippen LogP contribution in [-0.4, -0.2) is 24.0 Å². The molecule has 0 saturated carbocycles. The van der Waals surface area contributed by atoms with Crippen LogP contribution in [0.4, 0.5) is 0 Å². The number of aryl methyl sites for hydroxylation is 1. The summed E-state index contributed by atoms with van der Waals surface area (Å²) in [5.74, 6) is 0.101. The summed E-state index contributed by atoms with van der Waals surface area (Å²) in [7, 11) is 0. The number of hydrogen-bond acceptors (Lipinski definition) is 6. The highest BCUT2D eigenvalue weighted by molar-refractivity contribution is 5.93. The summed E-state index contributed by atoms with van der Waals surface area (Å²) in [4.78, 5) is 49.4. The smallest absolute Gasteiger partial charge is 0.324 e. The second kappa shape index (κ2) is 14.4. The molecule has 0 amide bonds. The fourth-order valence-corrected chi connectivity index (χ4v) is 4.17. The van der Waals surface area contributed by atoms with Crippen LogP contribution in [0.3, 0.4) is 0 Å². The molecule has 0 aliphatic heterocycles. The lowest BCUT2D eigenvalue weighted by Crippen LogP contribution is -2.33. The van der Waals surface area contributed by atoms with Gasteiger partial charge in [-0.05, 0) is 81.8 Å². The molecule has 3 aromatic rings. The van der Waals surface area contributed by atoms with Crippen LogP contribution < -0.4 is 9.47 Å². The number of unbranched alkanes of at least 4 members (excludes halogenated alkanes) is 1. The van der Waals surface area contributed by atoms with E-state index < -0.39 is 16.8 Å². The molecule has 1 unspecified atom stereocenters. The van der Waals surface area contributed by atoms with Gasteiger partial charge in [-0.25, -0.2) is 0 Å². The predicted molar refractivity (Wildman–Crippen MR) is 154 cm³/mol. The molecule has 0 N–H and O–H groups in total. The van der Waals surface area contributed by atoms with E-state index >= 15 is 0 Å². The lowest BCUT2D eigenvalue weighted by molar-refractivity contribution is -0.148. The molecule has 0 spiro atoms. The number of ketones is 1. The minimum absolute atomic E-state index is 0.0730. The number of Topliss-reactive ketones (excluding diaryl/α,β-unsaturated/α-hetero) is 1. The number of ether oxygens (including phenoxy) is 2. The summed E-state index contributed by atoms with van der Waals surface area (Å²) in [6, 6.07) is 25.6. The van der Waals surface area contributed by atoms with Gasteiger partial charge in [-0.15, -0.1) is 0 Å². The van der Waals surface area contributed by atoms with Crippen molar-refractivity contribution in [2.24, 2.45) is 10.8 Å². The Morgan fingerprint density at radius 2 is 1.20 bits per heavy atom. The Morgan fingerprint density at radius 1 is 0.675 bits per heavy atom. The van der Waals surface area contributed by atoms with Crippen LogP contribution in [0, 0.1) is 10.8 Å². The Morgan fingerprint density at radius 3 is 1.75 bits per heavy atom. The van der Waals surface area contributed by atoms with Crippen molar-refractivity contribution in [2.75, 3.05) is 0 Å². The maximum atomic E-state index is 12.6. The molecule has 0 aliphatic carbocycles. The molecular weight excluding hydrogens is 504 g/mol. The third-order valence-electron chi connectivity index (χ3n) is 7.05. The molecule has 0 saturated heterocycles. The maximum Gasteiger partial charge on any atom is 0.324 e. The quantitative estimate of drug-likeness (QED) is 0.0695. The zero-order valence-corrected chi connectivity index (χ0v) is 23.6. The molecule has 6 nitrogen and oxygen atoms in total. The van der Waals surface area contributed by atoms with Crippen LogP contribution in [0.15, 0.2) is 84.9 Å². The molecule has 0 heterocycles. The maximum absolute atomic E-state index is 12.6. The Kier molecular flexibility index (Phi) is 10.9. The van der Waals surface area contributed by atoms with Crippen molar-refractivity contribution < 1.29 is 28.7 Å². The molecule has 40 heavy (non-hydrogen) atoms. The fourth-order valence-electron chi connectivity index (χ4n) is 4.17. The number of benzene rings is 3. The van der Waals surface area contributed by atoms with Crippen LogP contribution in [0.1, 0.15) is 64.0 Å². The van der Waals surface area contributed by atoms with Crippen LogP contribution in [0.25, 0.3) is 0 Å². The number of esters is 2. The van der Waals surface area contributed by atoms with Crippen LogP contribution >= 0.6 is 0 Å². The van der Waals surface area contributed by atoms with Gasteiger partial charge in [-0.3, -0.25) is 14.4 Å². The normalized spacial score (nSPS) is 12.7. The van der Waals surface area contributed by atoms with Crippen LogP contribution in [-0.2, 0) is 32.0 Å². The minimum atomic E-state index is -1.19. The lowest BCUT2D eigenvalue weighted by Gasteiger charge is -2.22. The average molecular weight is 543 g/mol. The molecule has 210 valence electrons. The van der Waals surface area contributed by atoms with Gasteiger partial charge in [0.2, 0.25) is 0 Å². The van der Waals surface area contributed by atoms with Crippen molar-refractivity contribution >= 4 is 24.0 Å². The van der Waals surface area contributed by atoms with Gasteiger partial charge in [0.05, 0.1) is 5.41 Å². The first-order valence-corrected chi connectivity index (χ1v) is 13.7. The number of rotatable bonds is 15. The molecule has 0 bridgehead atoms. The second-order valence-corrected chi connectivity index (χ2v) is 11.1. The van der Waals surface area contributed by atoms with E-state index in [0.29, 0.717) is 49.9 Å². The zero-order valence-electron chi connectivity index (χ0n) is 23.6. The Bertz CT molecular complexity index is 1260. The lowest BCUT2D eigenvalue weighted by atomic mass is 9.86. The monoisotopic (exact) mass is 542 g/mol. The van der Waals surface area contributed by atoms with E-state index in [1.165, 1.54) is 0 Å². The first-order chi connectivity index (χ1) is 19.1. The largest absolute Gasteiger partial charge is 0.426 e. The molecule has 0 aromatic heterocycles. The van der Waals surface area contributed by atoms with E-state index in [-0.39, 0.29) is 11.8 Å². The highest BCUT2D eigenvalue weighted by Crippen LogP contribution is 2.27. The molecule has 3 aromatic carbocycles. The third kappa shape index (κ3) is 9.30. The van der Waals surface area contributed by atoms with Crippen molar-refractivity contribution in [3.8, 4) is 11.5 Å². The van der Waals surface area contributed by atoms with Gasteiger partial charge in [-0.1, -0.05) is 67.1 Å². The molecular formula is C34H38O6. The highest BCUT2D eigenvalue weighted by Gasteiger charge is 2.34. The van der Waals surface area contributed by atoms with Gasteiger partial charge in [0.1, 0.15) is 29.0 Å². The number of aldehydes is 1. The highest BCUT2D eigenvalue weighted by atomic mass is 16.5. The summed E-state index contributed by atoms with van der Waals surface area (Å²) < 4.78 is 10.8. The number of hydrogen-bond donors (Lipinski definition) is 0. The number of para-hydroxylation sites is 2. The average Bonchev–Trinajstić information content (AvgIpc) is 2.96. The predicted octanol–water partition coefficient (Wildman–Crippen LogP) is 6.73. The summed E-state index contributed by atoms with van der Waals surface area (Å²) in [5.41, 5.74) is 0.0942. The first kappa shape index (κ1) is 30.5. The van der Waals surface area contributed by atoms with Crippen molar-refractivity contribution in [3.63, 3.8) is 0 Å². The molecule has 1 atom stereocenters. The first-order valence-electron chi connectivity index (χ1n) is 13.7. The molecule has 0 aliphatic rings. The van der Waals surface area contributed by atoms with Crippen molar-refractivity contribution in [1.29, 1.82) is 0 Å². The zero-order chi connectivity index (χ0) is 29.0.